The molecule has 23 N–H and O–H groups in total. The highest BCUT2D eigenvalue weighted by Crippen LogP contribution is 2.37. The molecule has 84 heavy (non-hydrogen) atoms. The second-order valence-electron chi connectivity index (χ2n) is 21.1. The van der Waals surface area contributed by atoms with Gasteiger partial charge in [-0.05, 0) is 0 Å². The molecule has 7 fully saturated rings. The molecule has 38 nitrogen and oxygen atoms in total. The first-order valence-electron chi connectivity index (χ1n) is 26.6. The minimum absolute atomic E-state index is 0.733. The van der Waals surface area contributed by atoms with Crippen molar-refractivity contribution in [3.05, 3.63) is 0 Å². The average Bonchev–Trinajstić information content (AvgIpc) is 1.93. The lowest BCUT2D eigenvalue weighted by molar-refractivity contribution is -0.396. The number of hydrogen-bond acceptors (Lipinski definition) is 36. The Bertz CT molecular complexity index is 2060. The molecule has 7 rings (SSSR count). The molecular formula is C46H78N2O36. The van der Waals surface area contributed by atoms with E-state index in [1.165, 1.54) is 0 Å². The van der Waals surface area contributed by atoms with Crippen LogP contribution in [0.2, 0.25) is 0 Å². The SMILES string of the molecule is CC(=O)N[C@@H]1[C@@H](O)[C@H](O[C@@H]2O[C@H](CO[C@@H]3O[C@H](CO)[C@@H](O)[C@H](O)[C@@H]3O)[C@@H](O[C@H]3O[C@H](CO)[C@@H](O[C@@H]4O[C@H](CO)[C@@H](O[C@@H]5O[C@H](CO)[C@@H](O[C@@H]6O[C@H](CO)[C@@H](O)[C@H](O)[C@H]6NC(C)=O)[C@H](O)[C@@H]5O)[C@H](O)[C@@H]4O)[C@H](O)[C@@H]3O)[C@H](O)[C@@H]2O)[C@@H](CO)O[C@H]1O. The number of aliphatic hydroxyl groups excluding tert-OH is 21. The quantitative estimate of drug-likeness (QED) is 0.0507. The van der Waals surface area contributed by atoms with E-state index in [9.17, 15) is 117 Å². The fourth-order valence-corrected chi connectivity index (χ4v) is 10.7. The Morgan fingerprint density at radius 2 is 0.595 bits per heavy atom. The lowest BCUT2D eigenvalue weighted by Crippen LogP contribution is -2.69. The third-order valence-electron chi connectivity index (χ3n) is 15.3. The van der Waals surface area contributed by atoms with Crippen molar-refractivity contribution in [1.29, 1.82) is 0 Å². The van der Waals surface area contributed by atoms with Crippen molar-refractivity contribution in [2.45, 2.75) is 229 Å². The molecule has 0 spiro atoms. The summed E-state index contributed by atoms with van der Waals surface area (Å²) in [6, 6.07) is -3.13. The number of ether oxygens (including phenoxy) is 13. The Labute approximate surface area is 475 Å². The van der Waals surface area contributed by atoms with Crippen LogP contribution in [0, 0.1) is 0 Å². The molecule has 0 unspecified atom stereocenters. The second kappa shape index (κ2) is 29.9. The van der Waals surface area contributed by atoms with E-state index in [2.05, 4.69) is 10.6 Å². The fraction of sp³-hybridized carbons (Fsp3) is 0.957. The number of carbonyl (C=O) groups excluding carboxylic acids is 2. The van der Waals surface area contributed by atoms with Gasteiger partial charge in [0.2, 0.25) is 11.8 Å². The summed E-state index contributed by atoms with van der Waals surface area (Å²) in [5, 5.41) is 231. The second-order valence-corrected chi connectivity index (χ2v) is 21.1. The fourth-order valence-electron chi connectivity index (χ4n) is 10.7. The van der Waals surface area contributed by atoms with E-state index in [1.54, 1.807) is 0 Å². The molecule has 0 aliphatic carbocycles. The van der Waals surface area contributed by atoms with Crippen LogP contribution in [-0.4, -0.2) is 380 Å². The van der Waals surface area contributed by atoms with Gasteiger partial charge in [0.05, 0.1) is 46.2 Å². The number of nitrogens with one attached hydrogen (secondary N) is 2. The molecule has 0 aromatic rings. The molecular weight excluding hydrogens is 1160 g/mol. The highest BCUT2D eigenvalue weighted by Gasteiger charge is 2.58. The first-order valence-corrected chi connectivity index (χ1v) is 26.6. The topological polar surface area (TPSA) is 603 Å². The predicted octanol–water partition coefficient (Wildman–Crippen LogP) is -16.0. The maximum atomic E-state index is 12.0. The molecule has 0 saturated carbocycles. The van der Waals surface area contributed by atoms with Gasteiger partial charge in [0, 0.05) is 13.8 Å². The van der Waals surface area contributed by atoms with Gasteiger partial charge >= 0.3 is 0 Å². The van der Waals surface area contributed by atoms with Crippen LogP contribution in [0.1, 0.15) is 13.8 Å². The zero-order chi connectivity index (χ0) is 61.9. The molecule has 7 aliphatic heterocycles. The summed E-state index contributed by atoms with van der Waals surface area (Å²) in [6.45, 7) is -4.71. The minimum Gasteiger partial charge on any atom is -0.394 e. The standard InChI is InChI=1S/C46H78N2O36/c1-10(55)47-19-24(60)35(14(5-51)73-40(19)71)81-46-34(70)29(65)39(18(79-46)9-72-42-30(66)25(61)22(58)13(4-50)75-42)84-45-33(69)28(64)38(17(8-54)78-45)83-44-32(68)27(63)37(16(7-53)77-44)82-43-31(67)26(62)36(15(6-52)76-43)80-41-20(48-11(2)56)23(59)21(57)12(3-49)74-41/h12-46,49-54,57-71H,3-9H2,1-2H3,(H,47,55)(H,48,56)/t12-,13-,14-,15-,16-,17-,18-,19-,20-,21-,22-,23-,24-,25+,26-,27-,28-,29-,30+,31+,32+,33+,34+,35-,36-,37-,38-,39-,40-,41+,42-,43+,44+,45-,46+/m1/s1. The van der Waals surface area contributed by atoms with E-state index in [1.807, 2.05) is 0 Å². The van der Waals surface area contributed by atoms with Gasteiger partial charge in [-0.3, -0.25) is 9.59 Å². The summed E-state index contributed by atoms with van der Waals surface area (Å²) in [5.74, 6) is -1.48. The van der Waals surface area contributed by atoms with Gasteiger partial charge < -0.3 is 179 Å². The highest BCUT2D eigenvalue weighted by atomic mass is 16.8. The molecule has 0 aromatic heterocycles. The predicted molar refractivity (Wildman–Crippen MR) is 255 cm³/mol. The van der Waals surface area contributed by atoms with E-state index in [0.29, 0.717) is 0 Å². The van der Waals surface area contributed by atoms with Crippen molar-refractivity contribution >= 4 is 11.8 Å². The largest absolute Gasteiger partial charge is 0.394 e. The molecule has 38 heteroatoms. The van der Waals surface area contributed by atoms with Crippen molar-refractivity contribution < 1.29 is 178 Å². The Kier molecular flexibility index (Phi) is 24.6. The van der Waals surface area contributed by atoms with Crippen molar-refractivity contribution in [3.63, 3.8) is 0 Å². The number of amides is 2. The van der Waals surface area contributed by atoms with Crippen LogP contribution in [0.4, 0.5) is 0 Å². The molecule has 0 bridgehead atoms. The molecule has 2 amide bonds. The summed E-state index contributed by atoms with van der Waals surface area (Å²) in [4.78, 5) is 23.9. The van der Waals surface area contributed by atoms with Crippen molar-refractivity contribution in [2.75, 3.05) is 46.2 Å². The summed E-state index contributed by atoms with van der Waals surface area (Å²) < 4.78 is 73.8. The normalized spacial score (nSPS) is 50.3. The Hall–Kier alpha value is -2.42. The van der Waals surface area contributed by atoms with Gasteiger partial charge in [0.1, 0.15) is 171 Å². The zero-order valence-corrected chi connectivity index (χ0v) is 44.7. The minimum atomic E-state index is -2.31. The van der Waals surface area contributed by atoms with E-state index in [4.69, 9.17) is 61.6 Å². The molecule has 7 aliphatic rings. The van der Waals surface area contributed by atoms with Crippen molar-refractivity contribution in [2.24, 2.45) is 0 Å². The van der Waals surface area contributed by atoms with Crippen LogP contribution < -0.4 is 10.6 Å². The third-order valence-corrected chi connectivity index (χ3v) is 15.3. The van der Waals surface area contributed by atoms with Gasteiger partial charge in [0.15, 0.2) is 44.0 Å². The molecule has 7 saturated heterocycles. The van der Waals surface area contributed by atoms with E-state index >= 15 is 0 Å². The monoisotopic (exact) mass is 1230 g/mol. The van der Waals surface area contributed by atoms with Crippen LogP contribution in [0.15, 0.2) is 0 Å². The van der Waals surface area contributed by atoms with Crippen molar-refractivity contribution in [3.8, 4) is 0 Å². The summed E-state index contributed by atoms with van der Waals surface area (Å²) in [5.41, 5.74) is 0. The van der Waals surface area contributed by atoms with E-state index in [-0.39, 0.29) is 0 Å². The number of rotatable bonds is 21. The maximum absolute atomic E-state index is 12.0. The Balaban J connectivity index is 1.03. The third kappa shape index (κ3) is 14.7. The van der Waals surface area contributed by atoms with Crippen LogP contribution in [0.25, 0.3) is 0 Å². The summed E-state index contributed by atoms with van der Waals surface area (Å²) in [7, 11) is 0. The molecule has 7 heterocycles. The van der Waals surface area contributed by atoms with Gasteiger partial charge in [-0.2, -0.15) is 0 Å². The van der Waals surface area contributed by atoms with E-state index < -0.39 is 273 Å². The maximum Gasteiger partial charge on any atom is 0.217 e. The van der Waals surface area contributed by atoms with E-state index in [0.717, 1.165) is 13.8 Å². The van der Waals surface area contributed by atoms with Crippen LogP contribution >= 0.6 is 0 Å². The van der Waals surface area contributed by atoms with Crippen LogP contribution in [0.3, 0.4) is 0 Å². The molecule has 35 atom stereocenters. The number of aliphatic hydroxyl groups is 21. The highest BCUT2D eigenvalue weighted by molar-refractivity contribution is 5.73. The number of hydrogen-bond donors (Lipinski definition) is 23. The molecule has 0 aromatic carbocycles. The Morgan fingerprint density at radius 3 is 0.976 bits per heavy atom. The van der Waals surface area contributed by atoms with Gasteiger partial charge in [-0.15, -0.1) is 0 Å². The average molecular weight is 1240 g/mol. The first kappa shape index (κ1) is 69.1. The van der Waals surface area contributed by atoms with Crippen molar-refractivity contribution in [1.82, 2.24) is 10.6 Å². The van der Waals surface area contributed by atoms with Gasteiger partial charge in [-0.25, -0.2) is 0 Å². The molecule has 0 radical (unpaired) electrons. The lowest BCUT2D eigenvalue weighted by Gasteiger charge is -2.50. The zero-order valence-electron chi connectivity index (χ0n) is 44.7. The number of carbonyl (C=O) groups is 2. The Morgan fingerprint density at radius 1 is 0.310 bits per heavy atom. The smallest absolute Gasteiger partial charge is 0.217 e. The lowest BCUT2D eigenvalue weighted by atomic mass is 9.94. The van der Waals surface area contributed by atoms with Gasteiger partial charge in [-0.1, -0.05) is 0 Å². The summed E-state index contributed by atoms with van der Waals surface area (Å²) >= 11 is 0. The summed E-state index contributed by atoms with van der Waals surface area (Å²) in [6.07, 6.45) is -64.1. The molecule has 488 valence electrons. The van der Waals surface area contributed by atoms with Crippen LogP contribution in [-0.2, 0) is 71.2 Å². The first-order chi connectivity index (χ1) is 39.7. The van der Waals surface area contributed by atoms with Gasteiger partial charge in [0.25, 0.3) is 0 Å². The van der Waals surface area contributed by atoms with Crippen LogP contribution in [0.5, 0.6) is 0 Å².